The van der Waals surface area contributed by atoms with Gasteiger partial charge in [0.2, 0.25) is 0 Å². The number of ether oxygens (including phenoxy) is 3. The van der Waals surface area contributed by atoms with Crippen LogP contribution in [0.1, 0.15) is 239 Å². The van der Waals surface area contributed by atoms with E-state index >= 15 is 0 Å². The molecule has 0 saturated carbocycles. The normalized spacial score (nSPS) is 13.1. The van der Waals surface area contributed by atoms with Crippen LogP contribution in [0.3, 0.4) is 0 Å². The Kier molecular flexibility index (Phi) is 53.0. The highest BCUT2D eigenvalue weighted by molar-refractivity contribution is 5.70. The van der Waals surface area contributed by atoms with Gasteiger partial charge in [-0.05, 0) is 89.9 Å². The van der Waals surface area contributed by atoms with E-state index < -0.39 is 6.10 Å². The highest BCUT2D eigenvalue weighted by atomic mass is 16.6. The first-order valence-corrected chi connectivity index (χ1v) is 27.4. The molecule has 0 saturated heterocycles. The van der Waals surface area contributed by atoms with Gasteiger partial charge in [0.1, 0.15) is 6.61 Å². The van der Waals surface area contributed by atoms with Gasteiger partial charge in [-0.15, -0.1) is 0 Å². The molecule has 0 rings (SSSR count). The molecular weight excluding hydrogens is 813 g/mol. The lowest BCUT2D eigenvalue weighted by molar-refractivity contribution is -0.162. The molecule has 66 heavy (non-hydrogen) atoms. The second kappa shape index (κ2) is 55.9. The molecule has 0 amide bonds. The summed E-state index contributed by atoms with van der Waals surface area (Å²) in [5.41, 5.74) is 0. The maximum absolute atomic E-state index is 12.8. The third kappa shape index (κ3) is 53.2. The van der Waals surface area contributed by atoms with Crippen molar-refractivity contribution in [2.45, 2.75) is 245 Å². The smallest absolute Gasteiger partial charge is 0.306 e. The van der Waals surface area contributed by atoms with Gasteiger partial charge in [-0.3, -0.25) is 9.59 Å². The summed E-state index contributed by atoms with van der Waals surface area (Å²) in [5, 5.41) is 0. The minimum atomic E-state index is -0.589. The molecule has 0 heterocycles. The maximum atomic E-state index is 12.8. The Labute approximate surface area is 408 Å². The molecule has 0 fully saturated rings. The van der Waals surface area contributed by atoms with Gasteiger partial charge < -0.3 is 14.2 Å². The summed E-state index contributed by atoms with van der Waals surface area (Å²) in [4.78, 5) is 25.4. The third-order valence-electron chi connectivity index (χ3n) is 11.3. The van der Waals surface area contributed by atoms with Crippen LogP contribution in [0.15, 0.2) is 109 Å². The predicted molar refractivity (Wildman–Crippen MR) is 288 cm³/mol. The van der Waals surface area contributed by atoms with Crippen LogP contribution in [0.25, 0.3) is 0 Å². The van der Waals surface area contributed by atoms with Crippen molar-refractivity contribution in [3.63, 3.8) is 0 Å². The van der Waals surface area contributed by atoms with Gasteiger partial charge >= 0.3 is 11.9 Å². The zero-order valence-electron chi connectivity index (χ0n) is 43.2. The van der Waals surface area contributed by atoms with E-state index in [1.165, 1.54) is 103 Å². The summed E-state index contributed by atoms with van der Waals surface area (Å²) in [5.74, 6) is -0.513. The molecule has 5 nitrogen and oxygen atoms in total. The number of hydrogen-bond donors (Lipinski definition) is 0. The van der Waals surface area contributed by atoms with Crippen molar-refractivity contribution in [3.8, 4) is 0 Å². The quantitative estimate of drug-likeness (QED) is 0.0346. The second-order valence-corrected chi connectivity index (χ2v) is 17.7. The Balaban J connectivity index is 4.43. The highest BCUT2D eigenvalue weighted by Crippen LogP contribution is 2.15. The van der Waals surface area contributed by atoms with E-state index in [1.807, 2.05) is 6.08 Å². The Morgan fingerprint density at radius 1 is 0.348 bits per heavy atom. The Bertz CT molecular complexity index is 1310. The lowest BCUT2D eigenvalue weighted by Gasteiger charge is -2.18. The van der Waals surface area contributed by atoms with E-state index in [-0.39, 0.29) is 31.6 Å². The van der Waals surface area contributed by atoms with Gasteiger partial charge in [0, 0.05) is 19.4 Å². The molecule has 0 aliphatic heterocycles. The fraction of sp³-hybridized carbons (Fsp3) is 0.672. The van der Waals surface area contributed by atoms with Crippen LogP contribution in [-0.2, 0) is 23.8 Å². The largest absolute Gasteiger partial charge is 0.462 e. The van der Waals surface area contributed by atoms with Crippen molar-refractivity contribution < 1.29 is 23.8 Å². The highest BCUT2D eigenvalue weighted by Gasteiger charge is 2.17. The summed E-state index contributed by atoms with van der Waals surface area (Å²) >= 11 is 0. The van der Waals surface area contributed by atoms with E-state index in [0.717, 1.165) is 96.3 Å². The van der Waals surface area contributed by atoms with Crippen molar-refractivity contribution in [1.82, 2.24) is 0 Å². The van der Waals surface area contributed by atoms with Gasteiger partial charge in [0.15, 0.2) is 6.10 Å². The van der Waals surface area contributed by atoms with Crippen molar-refractivity contribution in [2.24, 2.45) is 0 Å². The number of unbranched alkanes of at least 4 members (excludes halogenated alkanes) is 20. The molecule has 0 spiro atoms. The van der Waals surface area contributed by atoms with Gasteiger partial charge in [-0.25, -0.2) is 0 Å². The first-order chi connectivity index (χ1) is 32.6. The minimum absolute atomic E-state index is 0.0421. The molecule has 0 aromatic rings. The van der Waals surface area contributed by atoms with E-state index in [9.17, 15) is 9.59 Å². The van der Waals surface area contributed by atoms with E-state index in [2.05, 4.69) is 124 Å². The second-order valence-electron chi connectivity index (χ2n) is 17.7. The standard InChI is InChI=1S/C61H102O5/c1-4-7-10-13-16-19-22-25-28-30-31-32-34-37-40-43-46-49-52-55-61(63)66-59(57-64-56-53-50-47-44-41-38-35-29-26-23-20-17-14-11-8-5-2)58-65-60(62)54-51-48-45-42-39-36-33-27-24-21-18-15-12-9-6-3/h7,9-10,12,16,18-19,21,25,27-28,31-33,37,40,46,49,59H,4-6,8,11,13-15,17,20,22-24,26,29-30,34-36,38-39,41-45,47-48,50-58H2,1-3H3/b10-7-,12-9-,19-16-,21-18-,28-25-,32-31-,33-27-,40-37-,49-46-/t59-/m1/s1. The van der Waals surface area contributed by atoms with Crippen LogP contribution < -0.4 is 0 Å². The van der Waals surface area contributed by atoms with Crippen LogP contribution in [0, 0.1) is 0 Å². The summed E-state index contributed by atoms with van der Waals surface area (Å²) in [7, 11) is 0. The van der Waals surface area contributed by atoms with Gasteiger partial charge in [-0.1, -0.05) is 246 Å². The molecule has 0 radical (unpaired) electrons. The van der Waals surface area contributed by atoms with Gasteiger partial charge in [0.25, 0.3) is 0 Å². The molecule has 0 aromatic carbocycles. The van der Waals surface area contributed by atoms with E-state index in [4.69, 9.17) is 14.2 Å². The molecule has 1 atom stereocenters. The average molecular weight is 915 g/mol. The molecule has 0 aliphatic carbocycles. The lowest BCUT2D eigenvalue weighted by Crippen LogP contribution is -2.30. The molecular formula is C61H102O5. The number of carbonyl (C=O) groups is 2. The molecule has 0 aromatic heterocycles. The fourth-order valence-corrected chi connectivity index (χ4v) is 7.32. The average Bonchev–Trinajstić information content (AvgIpc) is 3.32. The predicted octanol–water partition coefficient (Wildman–Crippen LogP) is 18.8. The monoisotopic (exact) mass is 915 g/mol. The van der Waals surface area contributed by atoms with Gasteiger partial charge in [0.05, 0.1) is 6.61 Å². The first-order valence-electron chi connectivity index (χ1n) is 27.4. The van der Waals surface area contributed by atoms with Crippen LogP contribution in [0.5, 0.6) is 0 Å². The Hall–Kier alpha value is -3.44. The zero-order chi connectivity index (χ0) is 47.7. The van der Waals surface area contributed by atoms with Crippen LogP contribution >= 0.6 is 0 Å². The summed E-state index contributed by atoms with van der Waals surface area (Å²) < 4.78 is 17.4. The summed E-state index contributed by atoms with van der Waals surface area (Å²) in [6.07, 6.45) is 76.9. The van der Waals surface area contributed by atoms with Crippen molar-refractivity contribution in [1.29, 1.82) is 0 Å². The van der Waals surface area contributed by atoms with E-state index in [0.29, 0.717) is 19.4 Å². The van der Waals surface area contributed by atoms with Crippen molar-refractivity contribution in [2.75, 3.05) is 19.8 Å². The number of esters is 2. The Morgan fingerprint density at radius 2 is 0.712 bits per heavy atom. The number of allylic oxidation sites excluding steroid dienone is 18. The van der Waals surface area contributed by atoms with Crippen LogP contribution in [0.4, 0.5) is 0 Å². The van der Waals surface area contributed by atoms with E-state index in [1.54, 1.807) is 0 Å². The Morgan fingerprint density at radius 3 is 1.15 bits per heavy atom. The van der Waals surface area contributed by atoms with Gasteiger partial charge in [-0.2, -0.15) is 0 Å². The lowest BCUT2D eigenvalue weighted by atomic mass is 10.0. The topological polar surface area (TPSA) is 61.8 Å². The summed E-state index contributed by atoms with van der Waals surface area (Å²) in [6, 6.07) is 0. The number of rotatable bonds is 49. The van der Waals surface area contributed by atoms with Crippen molar-refractivity contribution in [3.05, 3.63) is 109 Å². The molecule has 376 valence electrons. The molecule has 0 aliphatic rings. The zero-order valence-corrected chi connectivity index (χ0v) is 43.2. The third-order valence-corrected chi connectivity index (χ3v) is 11.3. The van der Waals surface area contributed by atoms with Crippen LogP contribution in [0.2, 0.25) is 0 Å². The minimum Gasteiger partial charge on any atom is -0.462 e. The SMILES string of the molecule is CC/C=C\C/C=C\C/C=C\C/C=C\C/C=C\C/C=C\CCC(=O)O[C@H](COCCCCCCCCCCCCCCCCCC)COC(=O)CCCCCCC/C=C\C/C=C\C/C=C\CC. The molecule has 5 heteroatoms. The summed E-state index contributed by atoms with van der Waals surface area (Å²) in [6.45, 7) is 7.52. The van der Waals surface area contributed by atoms with Crippen molar-refractivity contribution >= 4 is 11.9 Å². The molecule has 0 bridgehead atoms. The maximum Gasteiger partial charge on any atom is 0.306 e. The number of hydrogen-bond acceptors (Lipinski definition) is 5. The first kappa shape index (κ1) is 62.6. The number of carbonyl (C=O) groups excluding carboxylic acids is 2. The molecule has 0 N–H and O–H groups in total. The molecule has 0 unspecified atom stereocenters. The van der Waals surface area contributed by atoms with Crippen LogP contribution in [-0.4, -0.2) is 37.9 Å². The fourth-order valence-electron chi connectivity index (χ4n) is 7.32.